The number of aliphatic hydroxyl groups is 2. The number of aliphatic hydroxyl groups excluding tert-OH is 2. The van der Waals surface area contributed by atoms with Gasteiger partial charge in [0.15, 0.2) is 0 Å². The van der Waals surface area contributed by atoms with Crippen LogP contribution in [0.1, 0.15) is 11.1 Å². The fourth-order valence-corrected chi connectivity index (χ4v) is 1.94. The molecule has 0 aliphatic carbocycles. The van der Waals surface area contributed by atoms with Gasteiger partial charge >= 0.3 is 5.69 Å². The first-order valence-electron chi connectivity index (χ1n) is 6.84. The zero-order valence-corrected chi connectivity index (χ0v) is 11.9. The van der Waals surface area contributed by atoms with Gasteiger partial charge in [0.1, 0.15) is 12.8 Å². The molecule has 3 N–H and O–H groups in total. The molecule has 0 atom stereocenters. The van der Waals surface area contributed by atoms with Crippen molar-refractivity contribution in [1.29, 1.82) is 0 Å². The Morgan fingerprint density at radius 2 is 1.82 bits per heavy atom. The van der Waals surface area contributed by atoms with Gasteiger partial charge in [0.2, 0.25) is 0 Å². The maximum absolute atomic E-state index is 11.9. The second kappa shape index (κ2) is 7.69. The molecule has 0 amide bonds. The molecule has 0 unspecified atom stereocenters. The first-order chi connectivity index (χ1) is 10.6. The van der Waals surface area contributed by atoms with Crippen LogP contribution < -0.4 is 11.2 Å². The van der Waals surface area contributed by atoms with E-state index in [-0.39, 0.29) is 19.9 Å². The summed E-state index contributed by atoms with van der Waals surface area (Å²) in [5.74, 6) is 0. The van der Waals surface area contributed by atoms with Crippen molar-refractivity contribution in [2.45, 2.75) is 19.3 Å². The third kappa shape index (κ3) is 4.14. The van der Waals surface area contributed by atoms with Gasteiger partial charge in [0.25, 0.3) is 5.56 Å². The highest BCUT2D eigenvalue weighted by Crippen LogP contribution is 2.04. The molecular weight excluding hydrogens is 288 g/mol. The highest BCUT2D eigenvalue weighted by molar-refractivity contribution is 5.22. The van der Waals surface area contributed by atoms with Crippen molar-refractivity contribution >= 4 is 0 Å². The Bertz CT molecular complexity index is 704. The van der Waals surface area contributed by atoms with Crippen molar-refractivity contribution in [3.63, 3.8) is 0 Å². The van der Waals surface area contributed by atoms with Crippen LogP contribution in [0.2, 0.25) is 0 Å². The average Bonchev–Trinajstić information content (AvgIpc) is 2.53. The molecule has 2 rings (SSSR count). The Labute approximate surface area is 126 Å². The molecule has 0 fully saturated rings. The van der Waals surface area contributed by atoms with Crippen LogP contribution in [0.25, 0.3) is 0 Å². The van der Waals surface area contributed by atoms with Crippen LogP contribution in [-0.4, -0.2) is 39.1 Å². The van der Waals surface area contributed by atoms with Crippen molar-refractivity contribution in [2.75, 3.05) is 13.2 Å². The van der Waals surface area contributed by atoms with Gasteiger partial charge in [-0.05, 0) is 5.56 Å². The Morgan fingerprint density at radius 1 is 1.14 bits per heavy atom. The Hall–Kier alpha value is -2.22. The fraction of sp³-hybridized carbons (Fsp3) is 0.333. The average molecular weight is 306 g/mol. The van der Waals surface area contributed by atoms with Gasteiger partial charge in [-0.1, -0.05) is 30.3 Å². The smallest absolute Gasteiger partial charge is 0.330 e. The number of hydrogen-bond donors (Lipinski definition) is 3. The van der Waals surface area contributed by atoms with Gasteiger partial charge < -0.3 is 14.9 Å². The highest BCUT2D eigenvalue weighted by Gasteiger charge is 2.09. The van der Waals surface area contributed by atoms with E-state index in [0.29, 0.717) is 12.0 Å². The Balaban J connectivity index is 2.20. The molecule has 0 bridgehead atoms. The summed E-state index contributed by atoms with van der Waals surface area (Å²) in [5.41, 5.74) is 0.337. The van der Waals surface area contributed by atoms with Crippen molar-refractivity contribution in [2.24, 2.45) is 0 Å². The van der Waals surface area contributed by atoms with E-state index in [1.165, 1.54) is 10.8 Å². The summed E-state index contributed by atoms with van der Waals surface area (Å²) >= 11 is 0. The number of nitrogens with one attached hydrogen (secondary N) is 1. The molecule has 7 heteroatoms. The lowest BCUT2D eigenvalue weighted by atomic mass is 10.1. The van der Waals surface area contributed by atoms with E-state index >= 15 is 0 Å². The number of rotatable bonds is 7. The summed E-state index contributed by atoms with van der Waals surface area (Å²) in [7, 11) is 0. The van der Waals surface area contributed by atoms with E-state index < -0.39 is 17.4 Å². The number of benzene rings is 1. The van der Waals surface area contributed by atoms with Crippen LogP contribution in [0.4, 0.5) is 0 Å². The number of aromatic amines is 1. The van der Waals surface area contributed by atoms with Gasteiger partial charge in [-0.15, -0.1) is 0 Å². The minimum Gasteiger partial charge on any atom is -0.394 e. The van der Waals surface area contributed by atoms with E-state index in [1.807, 2.05) is 30.3 Å². The summed E-state index contributed by atoms with van der Waals surface area (Å²) in [4.78, 5) is 25.8. The largest absolute Gasteiger partial charge is 0.394 e. The molecule has 118 valence electrons. The molecule has 0 spiro atoms. The van der Waals surface area contributed by atoms with Crippen LogP contribution >= 0.6 is 0 Å². The van der Waals surface area contributed by atoms with Crippen molar-refractivity contribution < 1.29 is 14.9 Å². The SMILES string of the molecule is O=c1[nH]c(=O)n(COC(CO)CO)cc1Cc1ccccc1. The first-order valence-corrected chi connectivity index (χ1v) is 6.84. The standard InChI is InChI=1S/C15H18N2O5/c18-8-13(9-19)22-10-17-7-12(14(20)16-15(17)21)6-11-4-2-1-3-5-11/h1-5,7,13,18-19H,6,8-10H2,(H,16,20,21). The van der Waals surface area contributed by atoms with Crippen LogP contribution in [0.15, 0.2) is 46.1 Å². The summed E-state index contributed by atoms with van der Waals surface area (Å²) < 4.78 is 6.39. The maximum atomic E-state index is 11.9. The van der Waals surface area contributed by atoms with E-state index in [2.05, 4.69) is 4.98 Å². The van der Waals surface area contributed by atoms with E-state index in [0.717, 1.165) is 5.56 Å². The topological polar surface area (TPSA) is 105 Å². The van der Waals surface area contributed by atoms with Gasteiger partial charge in [0, 0.05) is 18.2 Å². The van der Waals surface area contributed by atoms with Gasteiger partial charge in [-0.2, -0.15) is 0 Å². The lowest BCUT2D eigenvalue weighted by Gasteiger charge is -2.14. The first kappa shape index (κ1) is 16.2. The zero-order chi connectivity index (χ0) is 15.9. The molecule has 1 aromatic carbocycles. The van der Waals surface area contributed by atoms with Crippen LogP contribution in [0, 0.1) is 0 Å². The molecule has 0 saturated carbocycles. The zero-order valence-electron chi connectivity index (χ0n) is 11.9. The minimum absolute atomic E-state index is 0.164. The molecule has 0 radical (unpaired) electrons. The van der Waals surface area contributed by atoms with Crippen molar-refractivity contribution in [3.05, 3.63) is 68.5 Å². The van der Waals surface area contributed by atoms with Crippen molar-refractivity contribution in [3.8, 4) is 0 Å². The predicted octanol–water partition coefficient (Wildman–Crippen LogP) is -0.545. The number of H-pyrrole nitrogens is 1. The van der Waals surface area contributed by atoms with Gasteiger partial charge in [-0.3, -0.25) is 14.3 Å². The molecule has 7 nitrogen and oxygen atoms in total. The summed E-state index contributed by atoms with van der Waals surface area (Å²) in [6.07, 6.45) is 1.05. The van der Waals surface area contributed by atoms with Crippen molar-refractivity contribution in [1.82, 2.24) is 9.55 Å². The second-order valence-electron chi connectivity index (χ2n) is 4.83. The lowest BCUT2D eigenvalue weighted by molar-refractivity contribution is -0.0513. The summed E-state index contributed by atoms with van der Waals surface area (Å²) in [6, 6.07) is 9.40. The van der Waals surface area contributed by atoms with Gasteiger partial charge in [0.05, 0.1) is 13.2 Å². The van der Waals surface area contributed by atoms with Crippen LogP contribution in [0.3, 0.4) is 0 Å². The van der Waals surface area contributed by atoms with E-state index in [1.54, 1.807) is 0 Å². The molecule has 1 aromatic heterocycles. The van der Waals surface area contributed by atoms with Gasteiger partial charge in [-0.25, -0.2) is 4.79 Å². The van der Waals surface area contributed by atoms with E-state index in [9.17, 15) is 9.59 Å². The number of ether oxygens (including phenoxy) is 1. The third-order valence-electron chi connectivity index (χ3n) is 3.18. The van der Waals surface area contributed by atoms with Crippen LogP contribution in [0.5, 0.6) is 0 Å². The number of aromatic nitrogens is 2. The molecule has 2 aromatic rings. The monoisotopic (exact) mass is 306 g/mol. The molecule has 22 heavy (non-hydrogen) atoms. The Kier molecular flexibility index (Phi) is 5.65. The molecule has 1 heterocycles. The minimum atomic E-state index is -0.767. The quantitative estimate of drug-likeness (QED) is 0.637. The summed E-state index contributed by atoms with van der Waals surface area (Å²) in [5, 5.41) is 17.9. The number of nitrogens with zero attached hydrogens (tertiary/aromatic N) is 1. The predicted molar refractivity (Wildman–Crippen MR) is 79.6 cm³/mol. The molecular formula is C15H18N2O5. The van der Waals surface area contributed by atoms with E-state index in [4.69, 9.17) is 14.9 Å². The highest BCUT2D eigenvalue weighted by atomic mass is 16.5. The third-order valence-corrected chi connectivity index (χ3v) is 3.18. The normalized spacial score (nSPS) is 11.0. The summed E-state index contributed by atoms with van der Waals surface area (Å²) in [6.45, 7) is -0.875. The second-order valence-corrected chi connectivity index (χ2v) is 4.83. The fourth-order valence-electron chi connectivity index (χ4n) is 1.94. The Morgan fingerprint density at radius 3 is 2.45 bits per heavy atom. The lowest BCUT2D eigenvalue weighted by Crippen LogP contribution is -2.34. The molecule has 0 aliphatic rings. The van der Waals surface area contributed by atoms with Crippen LogP contribution in [-0.2, 0) is 17.9 Å². The molecule has 0 saturated heterocycles. The maximum Gasteiger partial charge on any atom is 0.330 e. The number of hydrogen-bond acceptors (Lipinski definition) is 5. The molecule has 0 aliphatic heterocycles.